The second-order valence-electron chi connectivity index (χ2n) is 3.85. The Morgan fingerprint density at radius 2 is 1.88 bits per heavy atom. The van der Waals surface area contributed by atoms with Crippen molar-refractivity contribution in [3.8, 4) is 0 Å². The molecule has 1 aromatic rings. The molecular formula is C14H13BrO. The van der Waals surface area contributed by atoms with Gasteiger partial charge < -0.3 is 0 Å². The number of Topliss-reactive ketones (excluding diaryl/α,β-unsaturated/α-hetero) is 1. The molecule has 0 heterocycles. The van der Waals surface area contributed by atoms with Crippen LogP contribution >= 0.6 is 15.9 Å². The number of hydrogen-bond donors (Lipinski definition) is 0. The van der Waals surface area contributed by atoms with E-state index in [4.69, 9.17) is 0 Å². The lowest BCUT2D eigenvalue weighted by atomic mass is 9.93. The van der Waals surface area contributed by atoms with Gasteiger partial charge in [-0.3, -0.25) is 4.79 Å². The van der Waals surface area contributed by atoms with Crippen LogP contribution in [0.5, 0.6) is 0 Å². The summed E-state index contributed by atoms with van der Waals surface area (Å²) in [5.41, 5.74) is 3.05. The number of allylic oxidation sites excluding steroid dienone is 4. The van der Waals surface area contributed by atoms with E-state index < -0.39 is 0 Å². The largest absolute Gasteiger partial charge is 0.289 e. The Kier molecular flexibility index (Phi) is 3.73. The van der Waals surface area contributed by atoms with Crippen molar-refractivity contribution in [1.82, 2.24) is 0 Å². The molecule has 0 spiro atoms. The van der Waals surface area contributed by atoms with E-state index in [1.54, 1.807) is 0 Å². The molecule has 1 aliphatic carbocycles. The molecule has 0 saturated heterocycles. The van der Waals surface area contributed by atoms with Crippen LogP contribution in [0.2, 0.25) is 0 Å². The Labute approximate surface area is 104 Å². The number of alkyl halides is 1. The van der Waals surface area contributed by atoms with Gasteiger partial charge in [0.15, 0.2) is 5.78 Å². The fraction of sp³-hybridized carbons (Fsp3) is 0.214. The monoisotopic (exact) mass is 276 g/mol. The lowest BCUT2D eigenvalue weighted by Crippen LogP contribution is -2.06. The normalized spacial score (nSPS) is 15.3. The van der Waals surface area contributed by atoms with E-state index in [9.17, 15) is 4.79 Å². The first-order chi connectivity index (χ1) is 7.81. The van der Waals surface area contributed by atoms with Crippen molar-refractivity contribution in [3.05, 3.63) is 59.2 Å². The van der Waals surface area contributed by atoms with Crippen LogP contribution in [0.25, 0.3) is 0 Å². The predicted octanol–water partition coefficient (Wildman–Crippen LogP) is 3.91. The van der Waals surface area contributed by atoms with Gasteiger partial charge >= 0.3 is 0 Å². The summed E-state index contributed by atoms with van der Waals surface area (Å²) in [5, 5.41) is 0.899. The molecule has 2 heteroatoms. The van der Waals surface area contributed by atoms with Gasteiger partial charge in [-0.2, -0.15) is 0 Å². The molecule has 0 fully saturated rings. The zero-order chi connectivity index (χ0) is 11.4. The Balaban J connectivity index is 2.19. The highest BCUT2D eigenvalue weighted by molar-refractivity contribution is 9.09. The fourth-order valence-corrected chi connectivity index (χ4v) is 2.22. The number of carbonyl (C=O) groups excluding carboxylic acids is 1. The van der Waals surface area contributed by atoms with Crippen molar-refractivity contribution in [2.75, 3.05) is 5.33 Å². The molecule has 0 radical (unpaired) electrons. The van der Waals surface area contributed by atoms with E-state index in [1.807, 2.05) is 36.4 Å². The van der Waals surface area contributed by atoms with E-state index in [2.05, 4.69) is 22.0 Å². The quantitative estimate of drug-likeness (QED) is 0.604. The summed E-state index contributed by atoms with van der Waals surface area (Å²) in [7, 11) is 0. The molecule has 1 nitrogen and oxygen atoms in total. The van der Waals surface area contributed by atoms with Gasteiger partial charge in [0.25, 0.3) is 0 Å². The number of hydrogen-bond acceptors (Lipinski definition) is 1. The molecule has 16 heavy (non-hydrogen) atoms. The molecule has 0 saturated carbocycles. The van der Waals surface area contributed by atoms with E-state index in [1.165, 1.54) is 5.57 Å². The van der Waals surface area contributed by atoms with Gasteiger partial charge in [0, 0.05) is 16.5 Å². The molecule has 0 aromatic heterocycles. The highest BCUT2D eigenvalue weighted by Gasteiger charge is 2.14. The zero-order valence-corrected chi connectivity index (χ0v) is 10.5. The second-order valence-corrected chi connectivity index (χ2v) is 4.41. The first-order valence-corrected chi connectivity index (χ1v) is 6.47. The molecule has 1 aromatic carbocycles. The topological polar surface area (TPSA) is 17.1 Å². The predicted molar refractivity (Wildman–Crippen MR) is 70.0 cm³/mol. The van der Waals surface area contributed by atoms with Crippen molar-refractivity contribution >= 4 is 21.7 Å². The van der Waals surface area contributed by atoms with Crippen LogP contribution in [0, 0.1) is 0 Å². The van der Waals surface area contributed by atoms with Crippen molar-refractivity contribution in [2.24, 2.45) is 0 Å². The first-order valence-electron chi connectivity index (χ1n) is 5.35. The van der Waals surface area contributed by atoms with E-state index >= 15 is 0 Å². The molecule has 0 aliphatic heterocycles. The highest BCUT2D eigenvalue weighted by Crippen LogP contribution is 2.22. The van der Waals surface area contributed by atoms with Crippen LogP contribution in [0.15, 0.2) is 53.6 Å². The van der Waals surface area contributed by atoms with Gasteiger partial charge in [-0.25, -0.2) is 0 Å². The molecule has 0 bridgehead atoms. The number of carbonyl (C=O) groups is 1. The summed E-state index contributed by atoms with van der Waals surface area (Å²) in [5.74, 6) is 0.158. The van der Waals surface area contributed by atoms with Crippen molar-refractivity contribution in [3.63, 3.8) is 0 Å². The highest BCUT2D eigenvalue weighted by atomic mass is 79.9. The zero-order valence-electron chi connectivity index (χ0n) is 8.95. The minimum absolute atomic E-state index is 0.158. The Hall–Kier alpha value is -1.15. The van der Waals surface area contributed by atoms with Crippen LogP contribution in [-0.2, 0) is 0 Å². The third kappa shape index (κ3) is 2.50. The molecule has 0 amide bonds. The standard InChI is InChI=1S/C14H13BrO/c15-10-11-6-8-13(9-7-11)14(16)12-4-2-1-3-5-12/h1-6,8H,7,9-10H2. The molecule has 2 rings (SSSR count). The SMILES string of the molecule is O=C(C1=CC=C(CBr)CC1)c1ccccc1. The van der Waals surface area contributed by atoms with E-state index in [0.717, 1.165) is 29.3 Å². The van der Waals surface area contributed by atoms with Crippen LogP contribution in [0.1, 0.15) is 23.2 Å². The molecule has 82 valence electrons. The number of ketones is 1. The third-order valence-electron chi connectivity index (χ3n) is 2.73. The number of benzene rings is 1. The average Bonchev–Trinajstić information content (AvgIpc) is 2.39. The summed E-state index contributed by atoms with van der Waals surface area (Å²) >= 11 is 3.43. The van der Waals surface area contributed by atoms with Crippen LogP contribution in [0.3, 0.4) is 0 Å². The Morgan fingerprint density at radius 1 is 1.12 bits per heavy atom. The van der Waals surface area contributed by atoms with Crippen LogP contribution < -0.4 is 0 Å². The average molecular weight is 277 g/mol. The van der Waals surface area contributed by atoms with Crippen LogP contribution in [0.4, 0.5) is 0 Å². The summed E-state index contributed by atoms with van der Waals surface area (Å²) in [4.78, 5) is 12.1. The van der Waals surface area contributed by atoms with Gasteiger partial charge in [-0.05, 0) is 12.8 Å². The lowest BCUT2D eigenvalue weighted by molar-refractivity contribution is 0.103. The van der Waals surface area contributed by atoms with Gasteiger partial charge in [-0.1, -0.05) is 64.0 Å². The second kappa shape index (κ2) is 5.26. The summed E-state index contributed by atoms with van der Waals surface area (Å²) in [6.07, 6.45) is 5.84. The lowest BCUT2D eigenvalue weighted by Gasteiger charge is -2.12. The number of rotatable bonds is 3. The van der Waals surface area contributed by atoms with Gasteiger partial charge in [-0.15, -0.1) is 0 Å². The first kappa shape index (κ1) is 11.3. The molecule has 0 unspecified atom stereocenters. The minimum atomic E-state index is 0.158. The Bertz CT molecular complexity index is 443. The van der Waals surface area contributed by atoms with Crippen LogP contribution in [-0.4, -0.2) is 11.1 Å². The van der Waals surface area contributed by atoms with Gasteiger partial charge in [0.05, 0.1) is 0 Å². The molecule has 1 aliphatic rings. The minimum Gasteiger partial charge on any atom is -0.289 e. The summed E-state index contributed by atoms with van der Waals surface area (Å²) < 4.78 is 0. The van der Waals surface area contributed by atoms with E-state index in [0.29, 0.717) is 0 Å². The third-order valence-corrected chi connectivity index (χ3v) is 3.46. The number of halogens is 1. The fourth-order valence-electron chi connectivity index (χ4n) is 1.76. The molecule has 0 atom stereocenters. The summed E-state index contributed by atoms with van der Waals surface area (Å²) in [6, 6.07) is 9.46. The smallest absolute Gasteiger partial charge is 0.189 e. The van der Waals surface area contributed by atoms with E-state index in [-0.39, 0.29) is 5.78 Å². The maximum atomic E-state index is 12.1. The maximum Gasteiger partial charge on any atom is 0.189 e. The summed E-state index contributed by atoms with van der Waals surface area (Å²) in [6.45, 7) is 0. The molecular weight excluding hydrogens is 264 g/mol. The van der Waals surface area contributed by atoms with Crippen molar-refractivity contribution in [2.45, 2.75) is 12.8 Å². The van der Waals surface area contributed by atoms with Crippen molar-refractivity contribution in [1.29, 1.82) is 0 Å². The van der Waals surface area contributed by atoms with Gasteiger partial charge in [0.2, 0.25) is 0 Å². The van der Waals surface area contributed by atoms with Gasteiger partial charge in [0.1, 0.15) is 0 Å². The Morgan fingerprint density at radius 3 is 2.44 bits per heavy atom. The molecule has 0 N–H and O–H groups in total. The maximum absolute atomic E-state index is 12.1. The van der Waals surface area contributed by atoms with Crippen molar-refractivity contribution < 1.29 is 4.79 Å².